The second-order valence-corrected chi connectivity index (χ2v) is 5.96. The van der Waals surface area contributed by atoms with E-state index in [1.165, 1.54) is 5.56 Å². The average molecular weight is 304 g/mol. The summed E-state index contributed by atoms with van der Waals surface area (Å²) >= 11 is 3.28. The molecular weight excluding hydrogens is 288 g/mol. The third-order valence-electron chi connectivity index (χ3n) is 2.81. The molecule has 0 amide bonds. The largest absolute Gasteiger partial charge is 0.409 e. The third-order valence-corrected chi connectivity index (χ3v) is 4.72. The first-order chi connectivity index (χ1) is 9.76. The van der Waals surface area contributed by atoms with Gasteiger partial charge in [-0.15, -0.1) is 23.5 Å². The van der Waals surface area contributed by atoms with Crippen LogP contribution in [0.1, 0.15) is 11.1 Å². The van der Waals surface area contributed by atoms with E-state index in [0.29, 0.717) is 0 Å². The first-order valence-electron chi connectivity index (χ1n) is 6.08. The van der Waals surface area contributed by atoms with E-state index in [4.69, 9.17) is 10.9 Å². The fourth-order valence-electron chi connectivity index (χ4n) is 1.84. The van der Waals surface area contributed by atoms with Crippen LogP contribution < -0.4 is 5.73 Å². The van der Waals surface area contributed by atoms with Gasteiger partial charge in [0.05, 0.1) is 0 Å². The molecule has 0 saturated carbocycles. The number of amidine groups is 1. The molecule has 0 heterocycles. The Bertz CT molecular complexity index is 600. The van der Waals surface area contributed by atoms with Gasteiger partial charge >= 0.3 is 0 Å². The minimum Gasteiger partial charge on any atom is -0.409 e. The van der Waals surface area contributed by atoms with Crippen molar-refractivity contribution in [3.8, 4) is 0 Å². The molecule has 0 aliphatic carbocycles. The molecule has 3 N–H and O–H groups in total. The van der Waals surface area contributed by atoms with Crippen LogP contribution >= 0.6 is 23.5 Å². The zero-order valence-corrected chi connectivity index (χ0v) is 12.7. The van der Waals surface area contributed by atoms with Crippen LogP contribution in [-0.2, 0) is 5.75 Å². The molecule has 2 aromatic carbocycles. The minimum atomic E-state index is 0.158. The Balaban J connectivity index is 2.27. The van der Waals surface area contributed by atoms with Gasteiger partial charge in [-0.1, -0.05) is 41.6 Å². The number of thioether (sulfide) groups is 2. The van der Waals surface area contributed by atoms with Crippen molar-refractivity contribution in [1.82, 2.24) is 0 Å². The van der Waals surface area contributed by atoms with Crippen molar-refractivity contribution in [3.63, 3.8) is 0 Å². The topological polar surface area (TPSA) is 58.6 Å². The lowest BCUT2D eigenvalue weighted by molar-refractivity contribution is 0.318. The molecule has 0 radical (unpaired) electrons. The van der Waals surface area contributed by atoms with Crippen molar-refractivity contribution in [2.24, 2.45) is 10.9 Å². The van der Waals surface area contributed by atoms with E-state index in [2.05, 4.69) is 17.3 Å². The fourth-order valence-corrected chi connectivity index (χ4v) is 3.59. The van der Waals surface area contributed by atoms with Gasteiger partial charge in [-0.2, -0.15) is 0 Å². The molecule has 0 fully saturated rings. The van der Waals surface area contributed by atoms with E-state index in [-0.39, 0.29) is 5.84 Å². The monoisotopic (exact) mass is 304 g/mol. The standard InChI is InChI=1S/C15H16N2OS2/c1-19-12-8-5-9-13(14(12)15(16)17-18)20-10-11-6-3-2-4-7-11/h2-9,18H,10H2,1H3,(H2,16,17). The maximum atomic E-state index is 8.96. The van der Waals surface area contributed by atoms with Gasteiger partial charge in [0.15, 0.2) is 5.84 Å². The van der Waals surface area contributed by atoms with E-state index in [0.717, 1.165) is 21.1 Å². The van der Waals surface area contributed by atoms with Crippen LogP contribution in [0.5, 0.6) is 0 Å². The Labute approximate surface area is 127 Å². The number of nitrogens with zero attached hydrogens (tertiary/aromatic N) is 1. The van der Waals surface area contributed by atoms with E-state index in [1.807, 2.05) is 42.7 Å². The minimum absolute atomic E-state index is 0.158. The van der Waals surface area contributed by atoms with Crippen molar-refractivity contribution in [2.75, 3.05) is 6.26 Å². The maximum absolute atomic E-state index is 8.96. The van der Waals surface area contributed by atoms with Gasteiger partial charge in [0.1, 0.15) is 0 Å². The predicted octanol–water partition coefficient (Wildman–Crippen LogP) is 3.80. The molecule has 0 aliphatic heterocycles. The average Bonchev–Trinajstić information content (AvgIpc) is 2.52. The third kappa shape index (κ3) is 3.49. The number of oxime groups is 1. The molecule has 0 atom stereocenters. The predicted molar refractivity (Wildman–Crippen MR) is 86.7 cm³/mol. The summed E-state index contributed by atoms with van der Waals surface area (Å²) in [4.78, 5) is 2.04. The molecule has 0 spiro atoms. The van der Waals surface area contributed by atoms with Gasteiger partial charge in [-0.3, -0.25) is 0 Å². The Hall–Kier alpha value is -1.59. The fraction of sp³-hybridized carbons (Fsp3) is 0.133. The van der Waals surface area contributed by atoms with Crippen molar-refractivity contribution in [3.05, 3.63) is 59.7 Å². The van der Waals surface area contributed by atoms with E-state index in [1.54, 1.807) is 23.5 Å². The van der Waals surface area contributed by atoms with Crippen molar-refractivity contribution >= 4 is 29.4 Å². The van der Waals surface area contributed by atoms with Crippen LogP contribution in [0.25, 0.3) is 0 Å². The number of nitrogens with two attached hydrogens (primary N) is 1. The molecule has 5 heteroatoms. The summed E-state index contributed by atoms with van der Waals surface area (Å²) in [5.41, 5.74) is 7.87. The Morgan fingerprint density at radius 1 is 1.10 bits per heavy atom. The normalized spacial score (nSPS) is 11.6. The SMILES string of the molecule is CSc1cccc(SCc2ccccc2)c1/C(N)=N/O. The van der Waals surface area contributed by atoms with Crippen LogP contribution in [0.15, 0.2) is 63.5 Å². The molecule has 0 unspecified atom stereocenters. The first kappa shape index (κ1) is 14.8. The highest BCUT2D eigenvalue weighted by Crippen LogP contribution is 2.32. The van der Waals surface area contributed by atoms with E-state index >= 15 is 0 Å². The van der Waals surface area contributed by atoms with Crippen LogP contribution in [-0.4, -0.2) is 17.3 Å². The van der Waals surface area contributed by atoms with Gasteiger partial charge in [-0.05, 0) is 24.0 Å². The summed E-state index contributed by atoms with van der Waals surface area (Å²) in [5, 5.41) is 12.1. The number of rotatable bonds is 5. The Morgan fingerprint density at radius 2 is 1.80 bits per heavy atom. The van der Waals surface area contributed by atoms with Gasteiger partial charge in [-0.25, -0.2) is 0 Å². The zero-order valence-electron chi connectivity index (χ0n) is 11.1. The number of benzene rings is 2. The van der Waals surface area contributed by atoms with Crippen LogP contribution in [0.4, 0.5) is 0 Å². The molecule has 0 aliphatic rings. The number of hydrogen-bond donors (Lipinski definition) is 2. The summed E-state index contributed by atoms with van der Waals surface area (Å²) in [5.74, 6) is 1.01. The van der Waals surface area contributed by atoms with E-state index in [9.17, 15) is 0 Å². The van der Waals surface area contributed by atoms with Crippen LogP contribution in [0, 0.1) is 0 Å². The quantitative estimate of drug-likeness (QED) is 0.290. The lowest BCUT2D eigenvalue weighted by atomic mass is 10.2. The molecule has 20 heavy (non-hydrogen) atoms. The van der Waals surface area contributed by atoms with Crippen molar-refractivity contribution in [2.45, 2.75) is 15.5 Å². The molecule has 2 aromatic rings. The van der Waals surface area contributed by atoms with Gasteiger partial charge in [0.25, 0.3) is 0 Å². The Kier molecular flexibility index (Phi) is 5.38. The molecule has 0 aromatic heterocycles. The second-order valence-electron chi connectivity index (χ2n) is 4.09. The molecule has 3 nitrogen and oxygen atoms in total. The van der Waals surface area contributed by atoms with Crippen molar-refractivity contribution < 1.29 is 5.21 Å². The number of hydrogen-bond acceptors (Lipinski definition) is 4. The van der Waals surface area contributed by atoms with Crippen LogP contribution in [0.2, 0.25) is 0 Å². The van der Waals surface area contributed by atoms with Gasteiger partial charge in [0.2, 0.25) is 0 Å². The summed E-state index contributed by atoms with van der Waals surface area (Å²) in [6, 6.07) is 16.2. The summed E-state index contributed by atoms with van der Waals surface area (Å²) < 4.78 is 0. The highest BCUT2D eigenvalue weighted by molar-refractivity contribution is 7.99. The molecule has 0 saturated heterocycles. The molecule has 104 valence electrons. The summed E-state index contributed by atoms with van der Waals surface area (Å²) in [6.07, 6.45) is 1.98. The molecular formula is C15H16N2OS2. The Morgan fingerprint density at radius 3 is 2.45 bits per heavy atom. The second kappa shape index (κ2) is 7.26. The zero-order chi connectivity index (χ0) is 14.4. The highest BCUT2D eigenvalue weighted by atomic mass is 32.2. The van der Waals surface area contributed by atoms with Gasteiger partial charge < -0.3 is 10.9 Å². The summed E-state index contributed by atoms with van der Waals surface area (Å²) in [6.45, 7) is 0. The smallest absolute Gasteiger partial charge is 0.172 e. The lowest BCUT2D eigenvalue weighted by Gasteiger charge is -2.12. The molecule has 2 rings (SSSR count). The first-order valence-corrected chi connectivity index (χ1v) is 8.29. The summed E-state index contributed by atoms with van der Waals surface area (Å²) in [7, 11) is 0. The van der Waals surface area contributed by atoms with Gasteiger partial charge in [0, 0.05) is 21.1 Å². The lowest BCUT2D eigenvalue weighted by Crippen LogP contribution is -2.15. The van der Waals surface area contributed by atoms with Crippen molar-refractivity contribution in [1.29, 1.82) is 0 Å². The van der Waals surface area contributed by atoms with Crippen LogP contribution in [0.3, 0.4) is 0 Å². The van der Waals surface area contributed by atoms with E-state index < -0.39 is 0 Å². The molecule has 0 bridgehead atoms. The highest BCUT2D eigenvalue weighted by Gasteiger charge is 2.12. The maximum Gasteiger partial charge on any atom is 0.172 e.